The van der Waals surface area contributed by atoms with E-state index in [-0.39, 0.29) is 5.69 Å². The predicted molar refractivity (Wildman–Crippen MR) is 75.2 cm³/mol. The van der Waals surface area contributed by atoms with Crippen molar-refractivity contribution in [3.05, 3.63) is 23.9 Å². The van der Waals surface area contributed by atoms with Crippen molar-refractivity contribution in [3.63, 3.8) is 0 Å². The first-order valence-electron chi connectivity index (χ1n) is 6.98. The Kier molecular flexibility index (Phi) is 4.23. The molecule has 1 heterocycles. The van der Waals surface area contributed by atoms with Gasteiger partial charge in [0.15, 0.2) is 0 Å². The molecular formula is C15H19N3O2. The Morgan fingerprint density at radius 1 is 1.55 bits per heavy atom. The highest BCUT2D eigenvalue weighted by molar-refractivity contribution is 5.82. The molecule has 2 rings (SSSR count). The lowest BCUT2D eigenvalue weighted by Gasteiger charge is -2.37. The van der Waals surface area contributed by atoms with E-state index in [9.17, 15) is 9.90 Å². The largest absolute Gasteiger partial charge is 0.480 e. The van der Waals surface area contributed by atoms with Gasteiger partial charge in [0.25, 0.3) is 0 Å². The number of nitrogens with one attached hydrogen (secondary N) is 1. The van der Waals surface area contributed by atoms with Crippen LogP contribution in [0.1, 0.15) is 44.7 Å². The molecule has 0 unspecified atom stereocenters. The van der Waals surface area contributed by atoms with E-state index in [1.165, 1.54) is 0 Å². The normalized spacial score (nSPS) is 25.7. The molecule has 1 aliphatic carbocycles. The monoisotopic (exact) mass is 273 g/mol. The summed E-state index contributed by atoms with van der Waals surface area (Å²) in [5.74, 6) is 0.236. The summed E-state index contributed by atoms with van der Waals surface area (Å²) >= 11 is 0. The van der Waals surface area contributed by atoms with Gasteiger partial charge >= 0.3 is 5.97 Å². The van der Waals surface area contributed by atoms with Crippen LogP contribution in [0.4, 0.5) is 5.82 Å². The van der Waals surface area contributed by atoms with Crippen molar-refractivity contribution in [2.75, 3.05) is 5.32 Å². The zero-order valence-electron chi connectivity index (χ0n) is 11.6. The maximum absolute atomic E-state index is 11.7. The Morgan fingerprint density at radius 2 is 2.25 bits per heavy atom. The maximum Gasteiger partial charge on any atom is 0.329 e. The van der Waals surface area contributed by atoms with Gasteiger partial charge in [0.05, 0.1) is 0 Å². The minimum atomic E-state index is -0.952. The zero-order valence-corrected chi connectivity index (χ0v) is 11.6. The van der Waals surface area contributed by atoms with E-state index in [1.807, 2.05) is 6.07 Å². The summed E-state index contributed by atoms with van der Waals surface area (Å²) in [6.45, 7) is 2.14. The third kappa shape index (κ3) is 2.90. The topological polar surface area (TPSA) is 86.0 Å². The Bertz CT molecular complexity index is 528. The molecule has 106 valence electrons. The molecule has 1 saturated carbocycles. The minimum Gasteiger partial charge on any atom is -0.480 e. The molecule has 2 N–H and O–H groups in total. The summed E-state index contributed by atoms with van der Waals surface area (Å²) in [6, 6.07) is 6.98. The minimum absolute atomic E-state index is 0.290. The van der Waals surface area contributed by atoms with E-state index in [0.717, 1.165) is 19.3 Å². The van der Waals surface area contributed by atoms with Gasteiger partial charge in [-0.2, -0.15) is 5.26 Å². The molecule has 1 aromatic heterocycles. The van der Waals surface area contributed by atoms with Crippen LogP contribution in [0.3, 0.4) is 0 Å². The van der Waals surface area contributed by atoms with Gasteiger partial charge in [-0.15, -0.1) is 0 Å². The number of hydrogen-bond donors (Lipinski definition) is 2. The van der Waals surface area contributed by atoms with E-state index in [4.69, 9.17) is 5.26 Å². The van der Waals surface area contributed by atoms with Crippen LogP contribution < -0.4 is 5.32 Å². The standard InChI is InChI=1S/C15H19N3O2/c1-2-11-6-8-15(9-7-11,14(19)20)18-13-5-3-4-12(10-16)17-13/h3-5,11H,2,6-9H2,1H3,(H,17,18)(H,19,20). The molecule has 0 aromatic carbocycles. The van der Waals surface area contributed by atoms with E-state index in [2.05, 4.69) is 17.2 Å². The molecular weight excluding hydrogens is 254 g/mol. The number of carbonyl (C=O) groups is 1. The van der Waals surface area contributed by atoms with E-state index in [1.54, 1.807) is 18.2 Å². The number of nitriles is 1. The summed E-state index contributed by atoms with van der Waals surface area (Å²) < 4.78 is 0. The zero-order chi connectivity index (χ0) is 14.6. The molecule has 1 fully saturated rings. The summed E-state index contributed by atoms with van der Waals surface area (Å²) in [6.07, 6.45) is 4.11. The number of carboxylic acids is 1. The summed E-state index contributed by atoms with van der Waals surface area (Å²) in [4.78, 5) is 15.8. The summed E-state index contributed by atoms with van der Waals surface area (Å²) in [5, 5.41) is 21.5. The lowest BCUT2D eigenvalue weighted by atomic mass is 9.75. The third-order valence-corrected chi connectivity index (χ3v) is 4.18. The fourth-order valence-electron chi connectivity index (χ4n) is 2.78. The lowest BCUT2D eigenvalue weighted by molar-refractivity contribution is -0.143. The number of hydrogen-bond acceptors (Lipinski definition) is 4. The number of aromatic nitrogens is 1. The van der Waals surface area contributed by atoms with Crippen LogP contribution in [0.25, 0.3) is 0 Å². The Balaban J connectivity index is 2.18. The first-order valence-corrected chi connectivity index (χ1v) is 6.98. The van der Waals surface area contributed by atoms with Gasteiger partial charge in [-0.25, -0.2) is 9.78 Å². The number of aliphatic carboxylic acids is 1. The van der Waals surface area contributed by atoms with Gasteiger partial charge in [-0.1, -0.05) is 19.4 Å². The summed E-state index contributed by atoms with van der Waals surface area (Å²) in [7, 11) is 0. The molecule has 0 bridgehead atoms. The third-order valence-electron chi connectivity index (χ3n) is 4.18. The van der Waals surface area contributed by atoms with Crippen molar-refractivity contribution in [1.29, 1.82) is 5.26 Å². The van der Waals surface area contributed by atoms with Crippen LogP contribution in [0, 0.1) is 17.2 Å². The highest BCUT2D eigenvalue weighted by atomic mass is 16.4. The van der Waals surface area contributed by atoms with E-state index < -0.39 is 11.5 Å². The molecule has 20 heavy (non-hydrogen) atoms. The van der Waals surface area contributed by atoms with Gasteiger partial charge in [0.2, 0.25) is 0 Å². The number of rotatable bonds is 4. The molecule has 0 saturated heterocycles. The number of anilines is 1. The van der Waals surface area contributed by atoms with Gasteiger partial charge < -0.3 is 10.4 Å². The molecule has 0 atom stereocenters. The second kappa shape index (κ2) is 5.91. The molecule has 0 spiro atoms. The molecule has 0 amide bonds. The van der Waals surface area contributed by atoms with Crippen LogP contribution in [-0.4, -0.2) is 21.6 Å². The van der Waals surface area contributed by atoms with Crippen LogP contribution in [0.5, 0.6) is 0 Å². The average Bonchev–Trinajstić information content (AvgIpc) is 2.48. The first kappa shape index (κ1) is 14.3. The molecule has 1 aliphatic rings. The molecule has 0 radical (unpaired) electrons. The first-order chi connectivity index (χ1) is 9.59. The molecule has 1 aromatic rings. The van der Waals surface area contributed by atoms with Crippen molar-refractivity contribution >= 4 is 11.8 Å². The molecule has 5 nitrogen and oxygen atoms in total. The summed E-state index contributed by atoms with van der Waals surface area (Å²) in [5.41, 5.74) is -0.662. The second-order valence-corrected chi connectivity index (χ2v) is 5.38. The fourth-order valence-corrected chi connectivity index (χ4v) is 2.78. The maximum atomic E-state index is 11.7. The van der Waals surface area contributed by atoms with Gasteiger partial charge in [0.1, 0.15) is 23.1 Å². The van der Waals surface area contributed by atoms with Gasteiger partial charge in [-0.3, -0.25) is 0 Å². The number of pyridine rings is 1. The Labute approximate surface area is 118 Å². The highest BCUT2D eigenvalue weighted by Gasteiger charge is 2.41. The molecule has 0 aliphatic heterocycles. The van der Waals surface area contributed by atoms with Gasteiger partial charge in [0, 0.05) is 0 Å². The van der Waals surface area contributed by atoms with Crippen LogP contribution >= 0.6 is 0 Å². The lowest BCUT2D eigenvalue weighted by Crippen LogP contribution is -2.49. The quantitative estimate of drug-likeness (QED) is 0.881. The molecule has 5 heteroatoms. The van der Waals surface area contributed by atoms with Gasteiger partial charge in [-0.05, 0) is 43.7 Å². The second-order valence-electron chi connectivity index (χ2n) is 5.38. The van der Waals surface area contributed by atoms with Crippen LogP contribution in [0.2, 0.25) is 0 Å². The number of carboxylic acid groups (broad SMARTS) is 1. The number of nitrogens with zero attached hydrogens (tertiary/aromatic N) is 2. The average molecular weight is 273 g/mol. The highest BCUT2D eigenvalue weighted by Crippen LogP contribution is 2.36. The van der Waals surface area contributed by atoms with Crippen molar-refractivity contribution in [3.8, 4) is 6.07 Å². The van der Waals surface area contributed by atoms with Crippen LogP contribution in [-0.2, 0) is 4.79 Å². The fraction of sp³-hybridized carbons (Fsp3) is 0.533. The Morgan fingerprint density at radius 3 is 2.80 bits per heavy atom. The van der Waals surface area contributed by atoms with E-state index in [0.29, 0.717) is 24.6 Å². The van der Waals surface area contributed by atoms with E-state index >= 15 is 0 Å². The van der Waals surface area contributed by atoms with Crippen molar-refractivity contribution in [2.24, 2.45) is 5.92 Å². The SMILES string of the molecule is CCC1CCC(Nc2cccc(C#N)n2)(C(=O)O)CC1. The smallest absolute Gasteiger partial charge is 0.329 e. The predicted octanol–water partition coefficient (Wildman–Crippen LogP) is 2.79. The van der Waals surface area contributed by atoms with Crippen LogP contribution in [0.15, 0.2) is 18.2 Å². The van der Waals surface area contributed by atoms with Crippen molar-refractivity contribution in [1.82, 2.24) is 4.98 Å². The van der Waals surface area contributed by atoms with Crippen molar-refractivity contribution < 1.29 is 9.90 Å². The Hall–Kier alpha value is -2.09. The van der Waals surface area contributed by atoms with Crippen molar-refractivity contribution in [2.45, 2.75) is 44.6 Å².